The van der Waals surface area contributed by atoms with E-state index in [1.807, 2.05) is 55.4 Å². The minimum atomic E-state index is -0.839. The minimum Gasteiger partial charge on any atom is -0.481 e. The number of hydrogen-bond donors (Lipinski definition) is 1. The molecular formula is C27H37N3O3. The van der Waals surface area contributed by atoms with E-state index in [2.05, 4.69) is 35.9 Å². The Hall–Kier alpha value is -2.70. The van der Waals surface area contributed by atoms with Gasteiger partial charge in [0.15, 0.2) is 5.78 Å². The molecule has 0 bridgehead atoms. The maximum absolute atomic E-state index is 13.8. The van der Waals surface area contributed by atoms with E-state index in [1.165, 1.54) is 0 Å². The Morgan fingerprint density at radius 2 is 1.58 bits per heavy atom. The van der Waals surface area contributed by atoms with Crippen LogP contribution in [0.2, 0.25) is 0 Å². The topological polar surface area (TPSA) is 64.1 Å². The summed E-state index contributed by atoms with van der Waals surface area (Å²) in [5.74, 6) is -1.28. The van der Waals surface area contributed by atoms with Gasteiger partial charge in [0.2, 0.25) is 0 Å². The first-order valence-electron chi connectivity index (χ1n) is 11.8. The van der Waals surface area contributed by atoms with Crippen molar-refractivity contribution in [2.24, 2.45) is 0 Å². The summed E-state index contributed by atoms with van der Waals surface area (Å²) in [6.07, 6.45) is 1.24. The number of carboxylic acids is 1. The summed E-state index contributed by atoms with van der Waals surface area (Å²) in [4.78, 5) is 31.8. The van der Waals surface area contributed by atoms with Gasteiger partial charge in [-0.05, 0) is 76.3 Å². The lowest BCUT2D eigenvalue weighted by molar-refractivity contribution is -0.138. The molecule has 2 aromatic rings. The van der Waals surface area contributed by atoms with Crippen LogP contribution in [0.25, 0.3) is 0 Å². The van der Waals surface area contributed by atoms with Crippen molar-refractivity contribution in [1.29, 1.82) is 0 Å². The van der Waals surface area contributed by atoms with Gasteiger partial charge in [0.1, 0.15) is 0 Å². The fourth-order valence-corrected chi connectivity index (χ4v) is 4.60. The van der Waals surface area contributed by atoms with Crippen LogP contribution in [0.1, 0.15) is 47.7 Å². The van der Waals surface area contributed by atoms with Gasteiger partial charge in [-0.3, -0.25) is 14.5 Å². The number of nitrogens with zero attached hydrogens (tertiary/aromatic N) is 3. The molecule has 0 saturated carbocycles. The largest absolute Gasteiger partial charge is 0.481 e. The third kappa shape index (κ3) is 5.45. The smallest absolute Gasteiger partial charge is 0.310 e. The second-order valence-corrected chi connectivity index (χ2v) is 9.42. The van der Waals surface area contributed by atoms with Crippen molar-refractivity contribution in [3.63, 3.8) is 0 Å². The number of benzene rings is 2. The van der Waals surface area contributed by atoms with Gasteiger partial charge in [-0.25, -0.2) is 0 Å². The van der Waals surface area contributed by atoms with Crippen molar-refractivity contribution in [2.45, 2.75) is 38.1 Å². The molecule has 6 heteroatoms. The van der Waals surface area contributed by atoms with Crippen LogP contribution >= 0.6 is 0 Å². The Morgan fingerprint density at radius 3 is 2.06 bits per heavy atom. The number of carbonyl (C=O) groups is 2. The standard InChI is InChI=1S/C27H37N3O3/c1-6-27(28(3)4,19-21-7-9-22(10-8-21)20(2)26(32)33)25(31)23-11-13-24(14-12-23)30-17-15-29(5)16-18-30/h7-14,20H,6,15-19H2,1-5H3,(H,32,33). The highest BCUT2D eigenvalue weighted by molar-refractivity contribution is 6.03. The molecule has 2 atom stereocenters. The zero-order valence-corrected chi connectivity index (χ0v) is 20.5. The van der Waals surface area contributed by atoms with E-state index in [9.17, 15) is 14.7 Å². The van der Waals surface area contributed by atoms with Crippen molar-refractivity contribution < 1.29 is 14.7 Å². The SMILES string of the molecule is CCC(Cc1ccc(C(C)C(=O)O)cc1)(C(=O)c1ccc(N2CCN(C)CC2)cc1)N(C)C. The lowest BCUT2D eigenvalue weighted by Crippen LogP contribution is -2.52. The Balaban J connectivity index is 1.81. The second-order valence-electron chi connectivity index (χ2n) is 9.42. The Morgan fingerprint density at radius 1 is 1.00 bits per heavy atom. The third-order valence-electron chi connectivity index (χ3n) is 7.21. The van der Waals surface area contributed by atoms with Gasteiger partial charge >= 0.3 is 5.97 Å². The molecular weight excluding hydrogens is 414 g/mol. The molecule has 1 fully saturated rings. The minimum absolute atomic E-state index is 0.114. The molecule has 2 unspecified atom stereocenters. The van der Waals surface area contributed by atoms with Gasteiger partial charge in [0.25, 0.3) is 0 Å². The van der Waals surface area contributed by atoms with Gasteiger partial charge in [-0.15, -0.1) is 0 Å². The summed E-state index contributed by atoms with van der Waals surface area (Å²) < 4.78 is 0. The van der Waals surface area contributed by atoms with E-state index in [0.29, 0.717) is 12.8 Å². The van der Waals surface area contributed by atoms with Gasteiger partial charge < -0.3 is 14.9 Å². The normalized spacial score (nSPS) is 17.6. The number of anilines is 1. The van der Waals surface area contributed by atoms with Crippen molar-refractivity contribution in [1.82, 2.24) is 9.80 Å². The van der Waals surface area contributed by atoms with Crippen LogP contribution in [0.3, 0.4) is 0 Å². The molecule has 6 nitrogen and oxygen atoms in total. The van der Waals surface area contributed by atoms with E-state index in [0.717, 1.165) is 48.6 Å². The fourth-order valence-electron chi connectivity index (χ4n) is 4.60. The molecule has 0 aliphatic carbocycles. The Labute approximate surface area is 197 Å². The molecule has 2 aromatic carbocycles. The molecule has 0 amide bonds. The summed E-state index contributed by atoms with van der Waals surface area (Å²) in [5, 5.41) is 9.26. The Bertz CT molecular complexity index is 948. The van der Waals surface area contributed by atoms with Gasteiger partial charge in [-0.2, -0.15) is 0 Å². The molecule has 1 N–H and O–H groups in total. The van der Waals surface area contributed by atoms with Gasteiger partial charge in [0, 0.05) is 37.4 Å². The van der Waals surface area contributed by atoms with Crippen molar-refractivity contribution in [2.75, 3.05) is 52.2 Å². The van der Waals surface area contributed by atoms with Crippen LogP contribution in [0.5, 0.6) is 0 Å². The first-order valence-corrected chi connectivity index (χ1v) is 11.8. The molecule has 33 heavy (non-hydrogen) atoms. The molecule has 0 aromatic heterocycles. The maximum Gasteiger partial charge on any atom is 0.310 e. The van der Waals surface area contributed by atoms with Crippen LogP contribution in [0.15, 0.2) is 48.5 Å². The van der Waals surface area contributed by atoms with Crippen molar-refractivity contribution in [3.05, 3.63) is 65.2 Å². The molecule has 1 saturated heterocycles. The first kappa shape index (κ1) is 24.9. The Kier molecular flexibility index (Phi) is 7.92. The molecule has 1 heterocycles. The highest BCUT2D eigenvalue weighted by Crippen LogP contribution is 2.29. The average Bonchev–Trinajstić information content (AvgIpc) is 2.82. The van der Waals surface area contributed by atoms with Crippen LogP contribution in [-0.2, 0) is 11.2 Å². The summed E-state index contributed by atoms with van der Waals surface area (Å²) in [5.41, 5.74) is 3.00. The van der Waals surface area contributed by atoms with Gasteiger partial charge in [-0.1, -0.05) is 31.2 Å². The summed E-state index contributed by atoms with van der Waals surface area (Å²) in [7, 11) is 6.06. The number of rotatable bonds is 9. The van der Waals surface area contributed by atoms with E-state index >= 15 is 0 Å². The number of hydrogen-bond acceptors (Lipinski definition) is 5. The van der Waals surface area contributed by atoms with Crippen molar-refractivity contribution in [3.8, 4) is 0 Å². The van der Waals surface area contributed by atoms with Crippen LogP contribution in [0, 0.1) is 0 Å². The predicted molar refractivity (Wildman–Crippen MR) is 133 cm³/mol. The number of carboxylic acid groups (broad SMARTS) is 1. The van der Waals surface area contributed by atoms with E-state index in [1.54, 1.807) is 6.92 Å². The highest BCUT2D eigenvalue weighted by atomic mass is 16.4. The quantitative estimate of drug-likeness (QED) is 0.586. The van der Waals surface area contributed by atoms with E-state index in [4.69, 9.17) is 0 Å². The monoisotopic (exact) mass is 451 g/mol. The maximum atomic E-state index is 13.8. The van der Waals surface area contributed by atoms with E-state index in [-0.39, 0.29) is 5.78 Å². The molecule has 1 aliphatic rings. The highest BCUT2D eigenvalue weighted by Gasteiger charge is 2.39. The number of ketones is 1. The summed E-state index contributed by atoms with van der Waals surface area (Å²) >= 11 is 0. The molecule has 3 rings (SSSR count). The van der Waals surface area contributed by atoms with E-state index < -0.39 is 17.4 Å². The zero-order valence-electron chi connectivity index (χ0n) is 20.5. The van der Waals surface area contributed by atoms with Crippen molar-refractivity contribution >= 4 is 17.4 Å². The third-order valence-corrected chi connectivity index (χ3v) is 7.21. The van der Waals surface area contributed by atoms with Crippen LogP contribution in [-0.4, -0.2) is 79.5 Å². The number of likely N-dealkylation sites (N-methyl/N-ethyl adjacent to an activating group) is 2. The lowest BCUT2D eigenvalue weighted by Gasteiger charge is -2.38. The average molecular weight is 452 g/mol. The fraction of sp³-hybridized carbons (Fsp3) is 0.481. The first-order chi connectivity index (χ1) is 15.7. The number of aliphatic carboxylic acids is 1. The molecule has 1 aliphatic heterocycles. The second kappa shape index (κ2) is 10.5. The van der Waals surface area contributed by atoms with Crippen LogP contribution in [0.4, 0.5) is 5.69 Å². The molecule has 178 valence electrons. The lowest BCUT2D eigenvalue weighted by atomic mass is 9.80. The van der Waals surface area contributed by atoms with Gasteiger partial charge in [0.05, 0.1) is 11.5 Å². The summed E-state index contributed by atoms with van der Waals surface area (Å²) in [6, 6.07) is 15.7. The molecule has 0 spiro atoms. The number of Topliss-reactive ketones (excluding diaryl/α,β-unsaturated/α-hetero) is 1. The number of piperazine rings is 1. The zero-order chi connectivity index (χ0) is 24.2. The summed E-state index contributed by atoms with van der Waals surface area (Å²) in [6.45, 7) is 7.82. The number of carbonyl (C=O) groups excluding carboxylic acids is 1. The molecule has 0 radical (unpaired) electrons. The predicted octanol–water partition coefficient (Wildman–Crippen LogP) is 3.76. The van der Waals surface area contributed by atoms with Crippen LogP contribution < -0.4 is 4.90 Å².